The van der Waals surface area contributed by atoms with Crippen molar-refractivity contribution in [2.24, 2.45) is 5.92 Å². The van der Waals surface area contributed by atoms with Crippen molar-refractivity contribution in [3.63, 3.8) is 0 Å². The van der Waals surface area contributed by atoms with E-state index in [0.29, 0.717) is 12.0 Å². The van der Waals surface area contributed by atoms with E-state index < -0.39 is 0 Å². The van der Waals surface area contributed by atoms with Crippen LogP contribution in [0.3, 0.4) is 0 Å². The van der Waals surface area contributed by atoms with E-state index in [9.17, 15) is 4.79 Å². The SMILES string of the molecule is CCc1ccccc1NC(=O)N(C1CC1)C(C)C(C)C. The number of hydrogen-bond donors (Lipinski definition) is 1. The molecule has 0 aliphatic heterocycles. The number of anilines is 1. The van der Waals surface area contributed by atoms with Crippen LogP contribution in [-0.2, 0) is 6.42 Å². The second-order valence-electron chi connectivity index (χ2n) is 6.06. The highest BCUT2D eigenvalue weighted by Gasteiger charge is 2.36. The maximum atomic E-state index is 12.6. The van der Waals surface area contributed by atoms with Gasteiger partial charge in [-0.3, -0.25) is 0 Å². The molecule has 2 amide bonds. The van der Waals surface area contributed by atoms with Crippen LogP contribution in [0.4, 0.5) is 10.5 Å². The highest BCUT2D eigenvalue weighted by atomic mass is 16.2. The summed E-state index contributed by atoms with van der Waals surface area (Å²) in [6, 6.07) is 8.81. The maximum Gasteiger partial charge on any atom is 0.322 e. The molecule has 3 heteroatoms. The van der Waals surface area contributed by atoms with Crippen LogP contribution in [0.1, 0.15) is 46.1 Å². The zero-order chi connectivity index (χ0) is 14.7. The van der Waals surface area contributed by atoms with Crippen LogP contribution >= 0.6 is 0 Å². The van der Waals surface area contributed by atoms with Gasteiger partial charge in [0.05, 0.1) is 0 Å². The lowest BCUT2D eigenvalue weighted by molar-refractivity contribution is 0.169. The molecule has 3 nitrogen and oxygen atoms in total. The summed E-state index contributed by atoms with van der Waals surface area (Å²) in [5, 5.41) is 3.11. The molecule has 1 fully saturated rings. The van der Waals surface area contributed by atoms with E-state index in [2.05, 4.69) is 39.1 Å². The Labute approximate surface area is 122 Å². The summed E-state index contributed by atoms with van der Waals surface area (Å²) in [5.74, 6) is 0.475. The van der Waals surface area contributed by atoms with E-state index in [0.717, 1.165) is 24.9 Å². The molecular formula is C17H26N2O. The number of carbonyl (C=O) groups excluding carboxylic acids is 1. The van der Waals surface area contributed by atoms with Crippen LogP contribution < -0.4 is 5.32 Å². The van der Waals surface area contributed by atoms with Gasteiger partial charge in [-0.2, -0.15) is 0 Å². The number of hydrogen-bond acceptors (Lipinski definition) is 1. The number of para-hydroxylation sites is 1. The number of carbonyl (C=O) groups is 1. The van der Waals surface area contributed by atoms with Gasteiger partial charge in [-0.1, -0.05) is 39.0 Å². The van der Waals surface area contributed by atoms with Gasteiger partial charge in [0.25, 0.3) is 0 Å². The zero-order valence-corrected chi connectivity index (χ0v) is 13.0. The van der Waals surface area contributed by atoms with Crippen LogP contribution in [-0.4, -0.2) is 23.0 Å². The molecule has 20 heavy (non-hydrogen) atoms. The van der Waals surface area contributed by atoms with Crippen molar-refractivity contribution in [2.45, 2.75) is 59.0 Å². The van der Waals surface area contributed by atoms with Crippen molar-refractivity contribution in [1.82, 2.24) is 4.90 Å². The fourth-order valence-corrected chi connectivity index (χ4v) is 2.49. The molecule has 2 rings (SSSR count). The third kappa shape index (κ3) is 3.33. The summed E-state index contributed by atoms with van der Waals surface area (Å²) in [7, 11) is 0. The Morgan fingerprint density at radius 2 is 1.95 bits per heavy atom. The van der Waals surface area contributed by atoms with Gasteiger partial charge in [-0.15, -0.1) is 0 Å². The molecule has 1 aliphatic carbocycles. The monoisotopic (exact) mass is 274 g/mol. The summed E-state index contributed by atoms with van der Waals surface area (Å²) in [4.78, 5) is 14.7. The number of nitrogens with zero attached hydrogens (tertiary/aromatic N) is 1. The molecule has 110 valence electrons. The van der Waals surface area contributed by atoms with Crippen LogP contribution in [0.25, 0.3) is 0 Å². The normalized spacial score (nSPS) is 16.1. The van der Waals surface area contributed by atoms with Gasteiger partial charge < -0.3 is 10.2 Å². The average molecular weight is 274 g/mol. The van der Waals surface area contributed by atoms with Crippen molar-refractivity contribution >= 4 is 11.7 Å². The minimum absolute atomic E-state index is 0.0506. The summed E-state index contributed by atoms with van der Waals surface area (Å²) >= 11 is 0. The van der Waals surface area contributed by atoms with Gasteiger partial charge in [0.2, 0.25) is 0 Å². The first-order valence-corrected chi connectivity index (χ1v) is 7.71. The largest absolute Gasteiger partial charge is 0.322 e. The number of rotatable bonds is 5. The molecule has 0 spiro atoms. The minimum Gasteiger partial charge on any atom is -0.319 e. The molecule has 0 bridgehead atoms. The van der Waals surface area contributed by atoms with Crippen molar-refractivity contribution in [3.05, 3.63) is 29.8 Å². The quantitative estimate of drug-likeness (QED) is 0.853. The maximum absolute atomic E-state index is 12.6. The Bertz CT molecular complexity index is 466. The molecule has 0 saturated heterocycles. The summed E-state index contributed by atoms with van der Waals surface area (Å²) < 4.78 is 0. The Hall–Kier alpha value is -1.51. The third-order valence-electron chi connectivity index (χ3n) is 4.22. The minimum atomic E-state index is 0.0506. The van der Waals surface area contributed by atoms with Crippen LogP contribution in [0.2, 0.25) is 0 Å². The Kier molecular flexibility index (Phi) is 4.69. The van der Waals surface area contributed by atoms with Gasteiger partial charge in [0.1, 0.15) is 0 Å². The van der Waals surface area contributed by atoms with Gasteiger partial charge in [-0.05, 0) is 43.7 Å². The standard InChI is InChI=1S/C17H26N2O/c1-5-14-8-6-7-9-16(14)18-17(20)19(15-10-11-15)13(4)12(2)3/h6-9,12-13,15H,5,10-11H2,1-4H3,(H,18,20). The van der Waals surface area contributed by atoms with Crippen molar-refractivity contribution in [3.8, 4) is 0 Å². The van der Waals surface area contributed by atoms with E-state index in [-0.39, 0.29) is 12.1 Å². The number of urea groups is 1. The second-order valence-corrected chi connectivity index (χ2v) is 6.06. The van der Waals surface area contributed by atoms with Crippen molar-refractivity contribution < 1.29 is 4.79 Å². The third-order valence-corrected chi connectivity index (χ3v) is 4.22. The summed E-state index contributed by atoms with van der Waals surface area (Å²) in [5.41, 5.74) is 2.13. The lowest BCUT2D eigenvalue weighted by Gasteiger charge is -2.32. The molecular weight excluding hydrogens is 248 g/mol. The van der Waals surface area contributed by atoms with E-state index in [4.69, 9.17) is 0 Å². The highest BCUT2D eigenvalue weighted by molar-refractivity contribution is 5.90. The smallest absolute Gasteiger partial charge is 0.319 e. The molecule has 1 aromatic carbocycles. The molecule has 1 N–H and O–H groups in total. The molecule has 1 aliphatic rings. The van der Waals surface area contributed by atoms with E-state index >= 15 is 0 Å². The Morgan fingerprint density at radius 1 is 1.30 bits per heavy atom. The Morgan fingerprint density at radius 3 is 2.50 bits per heavy atom. The first-order chi connectivity index (χ1) is 9.54. The number of amides is 2. The first-order valence-electron chi connectivity index (χ1n) is 7.71. The predicted molar refractivity (Wildman–Crippen MR) is 84.0 cm³/mol. The molecule has 1 atom stereocenters. The fraction of sp³-hybridized carbons (Fsp3) is 0.588. The molecule has 1 aromatic rings. The predicted octanol–water partition coefficient (Wildman–Crippen LogP) is 4.29. The molecule has 1 unspecified atom stereocenters. The fourth-order valence-electron chi connectivity index (χ4n) is 2.49. The second kappa shape index (κ2) is 6.29. The van der Waals surface area contributed by atoms with Gasteiger partial charge in [0.15, 0.2) is 0 Å². The van der Waals surface area contributed by atoms with Gasteiger partial charge in [-0.25, -0.2) is 4.79 Å². The van der Waals surface area contributed by atoms with Gasteiger partial charge in [0, 0.05) is 17.8 Å². The average Bonchev–Trinajstić information content (AvgIpc) is 3.24. The Balaban J connectivity index is 2.12. The van der Waals surface area contributed by atoms with Crippen LogP contribution in [0, 0.1) is 5.92 Å². The summed E-state index contributed by atoms with van der Waals surface area (Å²) in [6.07, 6.45) is 3.21. The highest BCUT2D eigenvalue weighted by Crippen LogP contribution is 2.31. The van der Waals surface area contributed by atoms with E-state index in [1.54, 1.807) is 0 Å². The van der Waals surface area contributed by atoms with Crippen LogP contribution in [0.5, 0.6) is 0 Å². The topological polar surface area (TPSA) is 32.3 Å². The zero-order valence-electron chi connectivity index (χ0n) is 13.0. The number of nitrogens with one attached hydrogen (secondary N) is 1. The lowest BCUT2D eigenvalue weighted by atomic mass is 10.0. The number of aryl methyl sites for hydroxylation is 1. The van der Waals surface area contributed by atoms with Crippen LogP contribution in [0.15, 0.2) is 24.3 Å². The molecule has 0 radical (unpaired) electrons. The molecule has 0 aromatic heterocycles. The van der Waals surface area contributed by atoms with Crippen molar-refractivity contribution in [2.75, 3.05) is 5.32 Å². The van der Waals surface area contributed by atoms with E-state index in [1.165, 1.54) is 5.56 Å². The molecule has 1 saturated carbocycles. The number of benzene rings is 1. The molecule has 0 heterocycles. The first kappa shape index (κ1) is 14.9. The van der Waals surface area contributed by atoms with Crippen molar-refractivity contribution in [1.29, 1.82) is 0 Å². The van der Waals surface area contributed by atoms with E-state index in [1.807, 2.05) is 23.1 Å². The van der Waals surface area contributed by atoms with Gasteiger partial charge >= 0.3 is 6.03 Å². The lowest BCUT2D eigenvalue weighted by Crippen LogP contribution is -2.45. The summed E-state index contributed by atoms with van der Waals surface area (Å²) in [6.45, 7) is 8.61.